The normalized spacial score (nSPS) is 12.8. The molecule has 0 aromatic carbocycles. The van der Waals surface area contributed by atoms with E-state index in [1.807, 2.05) is 13.8 Å². The van der Waals surface area contributed by atoms with E-state index in [0.717, 1.165) is 0 Å². The lowest BCUT2D eigenvalue weighted by Gasteiger charge is -2.17. The molecule has 0 radical (unpaired) electrons. The van der Waals surface area contributed by atoms with Crippen LogP contribution in [0.1, 0.15) is 46.5 Å². The van der Waals surface area contributed by atoms with Gasteiger partial charge in [-0.05, 0) is 26.7 Å². The summed E-state index contributed by atoms with van der Waals surface area (Å²) in [7, 11) is -2.94. The summed E-state index contributed by atoms with van der Waals surface area (Å²) < 4.78 is 22.3. The van der Waals surface area contributed by atoms with E-state index < -0.39 is 9.84 Å². The molecule has 0 amide bonds. The van der Waals surface area contributed by atoms with Gasteiger partial charge in [0, 0.05) is 24.1 Å². The van der Waals surface area contributed by atoms with E-state index >= 15 is 0 Å². The Morgan fingerprint density at radius 1 is 1.25 bits per heavy atom. The van der Waals surface area contributed by atoms with Crippen molar-refractivity contribution in [1.29, 1.82) is 0 Å². The molecule has 2 N–H and O–H groups in total. The van der Waals surface area contributed by atoms with E-state index in [0.29, 0.717) is 25.7 Å². The Morgan fingerprint density at radius 3 is 2.25 bits per heavy atom. The molecule has 4 nitrogen and oxygen atoms in total. The van der Waals surface area contributed by atoms with Crippen LogP contribution < -0.4 is 5.73 Å². The molecule has 0 aliphatic carbocycles. The van der Waals surface area contributed by atoms with Gasteiger partial charge in [0.1, 0.15) is 15.6 Å². The first-order valence-electron chi connectivity index (χ1n) is 5.67. The smallest absolute Gasteiger partial charge is 0.150 e. The van der Waals surface area contributed by atoms with Gasteiger partial charge in [-0.2, -0.15) is 0 Å². The van der Waals surface area contributed by atoms with Crippen LogP contribution in [0.15, 0.2) is 0 Å². The average molecular weight is 249 g/mol. The molecule has 0 saturated heterocycles. The molecule has 5 heteroatoms. The summed E-state index contributed by atoms with van der Waals surface area (Å²) in [6, 6.07) is 0. The molecule has 0 bridgehead atoms. The third kappa shape index (κ3) is 8.85. The van der Waals surface area contributed by atoms with Crippen molar-refractivity contribution in [2.24, 2.45) is 5.73 Å². The SMILES string of the molecule is CCS(=O)(=O)CCCC(=O)CCC(C)(C)N. The zero-order valence-electron chi connectivity index (χ0n) is 10.5. The number of rotatable bonds is 8. The summed E-state index contributed by atoms with van der Waals surface area (Å²) in [5.74, 6) is 0.364. The van der Waals surface area contributed by atoms with Crippen molar-refractivity contribution in [3.63, 3.8) is 0 Å². The Labute approximate surface area is 98.5 Å². The zero-order chi connectivity index (χ0) is 12.8. The fourth-order valence-corrected chi connectivity index (χ4v) is 2.09. The number of nitrogens with two attached hydrogens (primary N) is 1. The standard InChI is InChI=1S/C11H23NO3S/c1-4-16(14,15)9-5-6-10(13)7-8-11(2,3)12/h4-9,12H2,1-3H3. The second kappa shape index (κ2) is 6.35. The molecule has 0 saturated carbocycles. The van der Waals surface area contributed by atoms with Crippen LogP contribution in [-0.2, 0) is 14.6 Å². The summed E-state index contributed by atoms with van der Waals surface area (Å²) in [5.41, 5.74) is 5.43. The molecule has 0 aliphatic heterocycles. The highest BCUT2D eigenvalue weighted by Gasteiger charge is 2.14. The number of sulfone groups is 1. The van der Waals surface area contributed by atoms with Crippen LogP contribution in [0, 0.1) is 0 Å². The van der Waals surface area contributed by atoms with Gasteiger partial charge < -0.3 is 5.73 Å². The van der Waals surface area contributed by atoms with Crippen molar-refractivity contribution < 1.29 is 13.2 Å². The Morgan fingerprint density at radius 2 is 1.81 bits per heavy atom. The molecule has 0 rings (SSSR count). The molecule has 0 atom stereocenters. The first-order chi connectivity index (χ1) is 7.16. The summed E-state index contributed by atoms with van der Waals surface area (Å²) in [4.78, 5) is 11.4. The van der Waals surface area contributed by atoms with Gasteiger partial charge in [-0.1, -0.05) is 6.92 Å². The number of hydrogen-bond donors (Lipinski definition) is 1. The molecule has 0 spiro atoms. The maximum Gasteiger partial charge on any atom is 0.150 e. The minimum atomic E-state index is -2.94. The fourth-order valence-electron chi connectivity index (χ4n) is 1.22. The predicted octanol–water partition coefficient (Wildman–Crippen LogP) is 1.29. The quantitative estimate of drug-likeness (QED) is 0.703. The Hall–Kier alpha value is -0.420. The van der Waals surface area contributed by atoms with Gasteiger partial charge in [-0.25, -0.2) is 8.42 Å². The first kappa shape index (κ1) is 15.6. The minimum Gasteiger partial charge on any atom is -0.326 e. The molecule has 0 unspecified atom stereocenters. The van der Waals surface area contributed by atoms with Gasteiger partial charge in [0.15, 0.2) is 0 Å². The van der Waals surface area contributed by atoms with E-state index in [1.54, 1.807) is 6.92 Å². The molecule has 0 aliphatic rings. The van der Waals surface area contributed by atoms with E-state index in [-0.39, 0.29) is 22.8 Å². The fraction of sp³-hybridized carbons (Fsp3) is 0.909. The molecular formula is C11H23NO3S. The van der Waals surface area contributed by atoms with Gasteiger partial charge in [0.2, 0.25) is 0 Å². The Bertz CT molecular complexity index is 315. The summed E-state index contributed by atoms with van der Waals surface area (Å²) in [6.45, 7) is 5.37. The van der Waals surface area contributed by atoms with Gasteiger partial charge in [0.05, 0.1) is 5.75 Å². The lowest BCUT2D eigenvalue weighted by atomic mass is 9.97. The van der Waals surface area contributed by atoms with Crippen molar-refractivity contribution >= 4 is 15.6 Å². The van der Waals surface area contributed by atoms with Crippen LogP contribution in [0.3, 0.4) is 0 Å². The summed E-state index contributed by atoms with van der Waals surface area (Å²) in [6.07, 6.45) is 1.86. The Kier molecular flexibility index (Phi) is 6.18. The molecular weight excluding hydrogens is 226 g/mol. The number of Topliss-reactive ketones (excluding diaryl/α,β-unsaturated/α-hetero) is 1. The average Bonchev–Trinajstić information content (AvgIpc) is 2.13. The van der Waals surface area contributed by atoms with Gasteiger partial charge in [-0.3, -0.25) is 4.79 Å². The lowest BCUT2D eigenvalue weighted by molar-refractivity contribution is -0.119. The number of carbonyl (C=O) groups is 1. The van der Waals surface area contributed by atoms with Crippen LogP contribution >= 0.6 is 0 Å². The third-order valence-corrected chi connectivity index (χ3v) is 4.19. The van der Waals surface area contributed by atoms with Gasteiger partial charge >= 0.3 is 0 Å². The predicted molar refractivity (Wildman–Crippen MR) is 66.1 cm³/mol. The van der Waals surface area contributed by atoms with Crippen molar-refractivity contribution in [3.05, 3.63) is 0 Å². The van der Waals surface area contributed by atoms with E-state index in [2.05, 4.69) is 0 Å². The zero-order valence-corrected chi connectivity index (χ0v) is 11.3. The van der Waals surface area contributed by atoms with Crippen LogP contribution in [-0.4, -0.2) is 31.2 Å². The van der Waals surface area contributed by atoms with Crippen molar-refractivity contribution in [3.8, 4) is 0 Å². The molecule has 0 aromatic heterocycles. The second-order valence-electron chi connectivity index (χ2n) is 4.87. The van der Waals surface area contributed by atoms with E-state index in [9.17, 15) is 13.2 Å². The van der Waals surface area contributed by atoms with E-state index in [4.69, 9.17) is 5.73 Å². The first-order valence-corrected chi connectivity index (χ1v) is 7.49. The summed E-state index contributed by atoms with van der Waals surface area (Å²) >= 11 is 0. The van der Waals surface area contributed by atoms with Crippen LogP contribution in [0.5, 0.6) is 0 Å². The molecule has 0 aromatic rings. The largest absolute Gasteiger partial charge is 0.326 e. The molecule has 16 heavy (non-hydrogen) atoms. The minimum absolute atomic E-state index is 0.102. The van der Waals surface area contributed by atoms with Crippen LogP contribution in [0.2, 0.25) is 0 Å². The van der Waals surface area contributed by atoms with Crippen LogP contribution in [0.25, 0.3) is 0 Å². The maximum absolute atomic E-state index is 11.4. The highest BCUT2D eigenvalue weighted by Crippen LogP contribution is 2.09. The van der Waals surface area contributed by atoms with Crippen molar-refractivity contribution in [1.82, 2.24) is 0 Å². The lowest BCUT2D eigenvalue weighted by Crippen LogP contribution is -2.32. The number of carbonyl (C=O) groups excluding carboxylic acids is 1. The van der Waals surface area contributed by atoms with Crippen molar-refractivity contribution in [2.75, 3.05) is 11.5 Å². The summed E-state index contributed by atoms with van der Waals surface area (Å²) in [5, 5.41) is 0. The third-order valence-electron chi connectivity index (χ3n) is 2.40. The second-order valence-corrected chi connectivity index (χ2v) is 7.34. The molecule has 96 valence electrons. The van der Waals surface area contributed by atoms with Gasteiger partial charge in [0.25, 0.3) is 0 Å². The Balaban J connectivity index is 3.76. The maximum atomic E-state index is 11.4. The molecule has 0 heterocycles. The van der Waals surface area contributed by atoms with E-state index in [1.165, 1.54) is 0 Å². The topological polar surface area (TPSA) is 77.2 Å². The highest BCUT2D eigenvalue weighted by molar-refractivity contribution is 7.91. The number of hydrogen-bond acceptors (Lipinski definition) is 4. The molecule has 0 fully saturated rings. The monoisotopic (exact) mass is 249 g/mol. The van der Waals surface area contributed by atoms with Crippen LogP contribution in [0.4, 0.5) is 0 Å². The number of ketones is 1. The highest BCUT2D eigenvalue weighted by atomic mass is 32.2. The van der Waals surface area contributed by atoms with Crippen molar-refractivity contribution in [2.45, 2.75) is 52.0 Å². The van der Waals surface area contributed by atoms with Gasteiger partial charge in [-0.15, -0.1) is 0 Å².